The maximum absolute atomic E-state index is 12.4. The molecule has 2 heterocycles. The largest absolute Gasteiger partial charge is 0.478 e. The van der Waals surface area contributed by atoms with Crippen LogP contribution in [0.2, 0.25) is 0 Å². The number of benzene rings is 1. The zero-order valence-electron chi connectivity index (χ0n) is 13.7. The summed E-state index contributed by atoms with van der Waals surface area (Å²) in [5.41, 5.74) is 8.65. The molecule has 0 atom stereocenters. The first-order chi connectivity index (χ1) is 12.5. The standard InChI is InChI=1S/C19H16N4O3/c20-17-16(18(24)23-15-5-7-21-8-6-15)10-13(11-22-17)9-12-1-3-14(4-2-12)19(25)26/h1-8,10-11H,9H2,(H2,20,22)(H,25,26)(H,21,23,24). The Bertz CT molecular complexity index is 941. The first kappa shape index (κ1) is 17.1. The maximum Gasteiger partial charge on any atom is 0.335 e. The number of nitrogens with zero attached hydrogens (tertiary/aromatic N) is 2. The Morgan fingerprint density at radius 3 is 2.38 bits per heavy atom. The number of nitrogens with two attached hydrogens (primary N) is 1. The molecule has 0 fully saturated rings. The Morgan fingerprint density at radius 2 is 1.73 bits per heavy atom. The lowest BCUT2D eigenvalue weighted by Crippen LogP contribution is -2.15. The quantitative estimate of drug-likeness (QED) is 0.652. The Labute approximate surface area is 149 Å². The molecule has 130 valence electrons. The van der Waals surface area contributed by atoms with Crippen molar-refractivity contribution in [3.8, 4) is 0 Å². The van der Waals surface area contributed by atoms with Gasteiger partial charge in [-0.25, -0.2) is 9.78 Å². The van der Waals surface area contributed by atoms with Gasteiger partial charge in [-0.15, -0.1) is 0 Å². The third kappa shape index (κ3) is 4.02. The van der Waals surface area contributed by atoms with Crippen LogP contribution in [0.15, 0.2) is 61.1 Å². The van der Waals surface area contributed by atoms with E-state index in [1.54, 1.807) is 61.1 Å². The number of rotatable bonds is 5. The van der Waals surface area contributed by atoms with Crippen molar-refractivity contribution in [2.24, 2.45) is 0 Å². The lowest BCUT2D eigenvalue weighted by molar-refractivity contribution is 0.0696. The molecule has 0 unspecified atom stereocenters. The van der Waals surface area contributed by atoms with Crippen LogP contribution in [0.25, 0.3) is 0 Å². The number of hydrogen-bond donors (Lipinski definition) is 3. The molecule has 7 heteroatoms. The topological polar surface area (TPSA) is 118 Å². The van der Waals surface area contributed by atoms with Crippen molar-refractivity contribution in [3.05, 3.63) is 83.3 Å². The number of nitrogens with one attached hydrogen (secondary N) is 1. The highest BCUT2D eigenvalue weighted by Crippen LogP contribution is 2.17. The molecule has 26 heavy (non-hydrogen) atoms. The van der Waals surface area contributed by atoms with Crippen LogP contribution in [-0.2, 0) is 6.42 Å². The van der Waals surface area contributed by atoms with Crippen molar-refractivity contribution < 1.29 is 14.7 Å². The number of hydrogen-bond acceptors (Lipinski definition) is 5. The van der Waals surface area contributed by atoms with Gasteiger partial charge in [-0.2, -0.15) is 0 Å². The van der Waals surface area contributed by atoms with E-state index in [2.05, 4.69) is 15.3 Å². The van der Waals surface area contributed by atoms with Gasteiger partial charge in [0.25, 0.3) is 5.91 Å². The summed E-state index contributed by atoms with van der Waals surface area (Å²) in [5, 5.41) is 11.7. The fraction of sp³-hybridized carbons (Fsp3) is 0.0526. The minimum Gasteiger partial charge on any atom is -0.478 e. The van der Waals surface area contributed by atoms with Gasteiger partial charge < -0.3 is 16.2 Å². The number of amides is 1. The molecule has 0 aliphatic rings. The summed E-state index contributed by atoms with van der Waals surface area (Å²) in [7, 11) is 0. The van der Waals surface area contributed by atoms with Gasteiger partial charge in [0.1, 0.15) is 5.82 Å². The van der Waals surface area contributed by atoms with Gasteiger partial charge in [-0.1, -0.05) is 12.1 Å². The zero-order chi connectivity index (χ0) is 18.5. The predicted octanol–water partition coefficient (Wildman–Crippen LogP) is 2.60. The summed E-state index contributed by atoms with van der Waals surface area (Å²) in [6.07, 6.45) is 5.26. The van der Waals surface area contributed by atoms with E-state index in [0.717, 1.165) is 11.1 Å². The summed E-state index contributed by atoms with van der Waals surface area (Å²) in [6, 6.07) is 11.6. The lowest BCUT2D eigenvalue weighted by Gasteiger charge is -2.09. The van der Waals surface area contributed by atoms with Crippen molar-refractivity contribution in [3.63, 3.8) is 0 Å². The van der Waals surface area contributed by atoms with Gasteiger partial charge in [0.05, 0.1) is 11.1 Å². The highest BCUT2D eigenvalue weighted by Gasteiger charge is 2.13. The van der Waals surface area contributed by atoms with Crippen LogP contribution >= 0.6 is 0 Å². The Hall–Kier alpha value is -3.74. The Balaban J connectivity index is 1.78. The van der Waals surface area contributed by atoms with Crippen LogP contribution in [0.1, 0.15) is 31.8 Å². The second-order valence-corrected chi connectivity index (χ2v) is 5.65. The van der Waals surface area contributed by atoms with Crippen LogP contribution in [0.3, 0.4) is 0 Å². The fourth-order valence-electron chi connectivity index (χ4n) is 2.43. The average molecular weight is 348 g/mol. The Morgan fingerprint density at radius 1 is 1.04 bits per heavy atom. The molecule has 4 N–H and O–H groups in total. The molecule has 1 amide bonds. The number of carbonyl (C=O) groups excluding carboxylic acids is 1. The highest BCUT2D eigenvalue weighted by atomic mass is 16.4. The van der Waals surface area contributed by atoms with Crippen molar-refractivity contribution in [1.82, 2.24) is 9.97 Å². The molecule has 3 aromatic rings. The monoisotopic (exact) mass is 348 g/mol. The zero-order valence-corrected chi connectivity index (χ0v) is 13.7. The first-order valence-corrected chi connectivity index (χ1v) is 7.81. The van der Waals surface area contributed by atoms with E-state index in [0.29, 0.717) is 12.1 Å². The molecule has 1 aromatic carbocycles. The van der Waals surface area contributed by atoms with E-state index < -0.39 is 5.97 Å². The number of carboxylic acids is 1. The second kappa shape index (κ2) is 7.43. The van der Waals surface area contributed by atoms with Crippen molar-refractivity contribution in [1.29, 1.82) is 0 Å². The molecule has 0 radical (unpaired) electrons. The molecular weight excluding hydrogens is 332 g/mol. The minimum absolute atomic E-state index is 0.140. The van der Waals surface area contributed by atoms with E-state index in [1.807, 2.05) is 0 Å². The second-order valence-electron chi connectivity index (χ2n) is 5.65. The summed E-state index contributed by atoms with van der Waals surface area (Å²) in [5.74, 6) is -1.19. The SMILES string of the molecule is Nc1ncc(Cc2ccc(C(=O)O)cc2)cc1C(=O)Nc1ccncc1. The summed E-state index contributed by atoms with van der Waals surface area (Å²) in [4.78, 5) is 31.3. The molecule has 0 spiro atoms. The van der Waals surface area contributed by atoms with Gasteiger partial charge in [0.2, 0.25) is 0 Å². The van der Waals surface area contributed by atoms with Crippen LogP contribution in [0.4, 0.5) is 11.5 Å². The Kier molecular flexibility index (Phi) is 4.89. The average Bonchev–Trinajstić information content (AvgIpc) is 2.64. The van der Waals surface area contributed by atoms with Crippen LogP contribution in [0, 0.1) is 0 Å². The number of pyridine rings is 2. The van der Waals surface area contributed by atoms with Crippen LogP contribution in [0.5, 0.6) is 0 Å². The minimum atomic E-state index is -0.972. The van der Waals surface area contributed by atoms with E-state index in [1.165, 1.54) is 0 Å². The smallest absolute Gasteiger partial charge is 0.335 e. The van der Waals surface area contributed by atoms with E-state index >= 15 is 0 Å². The number of carbonyl (C=O) groups is 2. The summed E-state index contributed by atoms with van der Waals surface area (Å²) in [6.45, 7) is 0. The molecule has 3 rings (SSSR count). The maximum atomic E-state index is 12.4. The molecule has 0 aliphatic heterocycles. The molecule has 7 nitrogen and oxygen atoms in total. The number of carboxylic acid groups (broad SMARTS) is 1. The van der Waals surface area contributed by atoms with Crippen molar-refractivity contribution >= 4 is 23.4 Å². The van der Waals surface area contributed by atoms with Crippen molar-refractivity contribution in [2.45, 2.75) is 6.42 Å². The molecule has 0 aliphatic carbocycles. The van der Waals surface area contributed by atoms with Gasteiger partial charge in [0, 0.05) is 24.3 Å². The first-order valence-electron chi connectivity index (χ1n) is 7.81. The third-order valence-corrected chi connectivity index (χ3v) is 3.77. The van der Waals surface area contributed by atoms with Gasteiger partial charge in [-0.05, 0) is 47.9 Å². The number of aromatic nitrogens is 2. The molecule has 2 aromatic heterocycles. The van der Waals surface area contributed by atoms with E-state index in [4.69, 9.17) is 10.8 Å². The van der Waals surface area contributed by atoms with Crippen molar-refractivity contribution in [2.75, 3.05) is 11.1 Å². The van der Waals surface area contributed by atoms with E-state index in [9.17, 15) is 9.59 Å². The van der Waals surface area contributed by atoms with Gasteiger partial charge >= 0.3 is 5.97 Å². The van der Waals surface area contributed by atoms with Gasteiger partial charge in [0.15, 0.2) is 0 Å². The van der Waals surface area contributed by atoms with E-state index in [-0.39, 0.29) is 22.9 Å². The molecule has 0 saturated carbocycles. The fourth-order valence-corrected chi connectivity index (χ4v) is 2.43. The molecular formula is C19H16N4O3. The van der Waals surface area contributed by atoms with Crippen LogP contribution in [-0.4, -0.2) is 27.0 Å². The summed E-state index contributed by atoms with van der Waals surface area (Å²) < 4.78 is 0. The summed E-state index contributed by atoms with van der Waals surface area (Å²) >= 11 is 0. The molecule has 0 bridgehead atoms. The third-order valence-electron chi connectivity index (χ3n) is 3.77. The highest BCUT2D eigenvalue weighted by molar-refractivity contribution is 6.07. The number of aromatic carboxylic acids is 1. The normalized spacial score (nSPS) is 10.3. The molecule has 0 saturated heterocycles. The lowest BCUT2D eigenvalue weighted by atomic mass is 10.0. The predicted molar refractivity (Wildman–Crippen MR) is 97.0 cm³/mol. The number of nitrogen functional groups attached to an aromatic ring is 1. The van der Waals surface area contributed by atoms with Crippen LogP contribution < -0.4 is 11.1 Å². The van der Waals surface area contributed by atoms with Gasteiger partial charge in [-0.3, -0.25) is 9.78 Å². The number of anilines is 2.